The van der Waals surface area contributed by atoms with E-state index >= 15 is 0 Å². The van der Waals surface area contributed by atoms with Gasteiger partial charge in [0.25, 0.3) is 0 Å². The van der Waals surface area contributed by atoms with Crippen molar-refractivity contribution in [3.63, 3.8) is 0 Å². The van der Waals surface area contributed by atoms with Crippen LogP contribution in [0.25, 0.3) is 0 Å². The molecule has 2 N–H and O–H groups in total. The van der Waals surface area contributed by atoms with Gasteiger partial charge in [0.05, 0.1) is 12.1 Å². The second-order valence-electron chi connectivity index (χ2n) is 3.39. The molecule has 0 fully saturated rings. The third-order valence-electron chi connectivity index (χ3n) is 2.36. The first-order chi connectivity index (χ1) is 7.56. The van der Waals surface area contributed by atoms with E-state index in [9.17, 15) is 9.18 Å². The van der Waals surface area contributed by atoms with Crippen molar-refractivity contribution in [3.05, 3.63) is 35.6 Å². The summed E-state index contributed by atoms with van der Waals surface area (Å²) in [7, 11) is 1.45. The Morgan fingerprint density at radius 1 is 1.50 bits per heavy atom. The number of amides is 1. The van der Waals surface area contributed by atoms with Gasteiger partial charge in [-0.3, -0.25) is 0 Å². The highest BCUT2D eigenvalue weighted by atomic mass is 19.1. The molecular formula is C11H14FNO3. The molecule has 0 saturated carbocycles. The van der Waals surface area contributed by atoms with Gasteiger partial charge in [0.15, 0.2) is 0 Å². The van der Waals surface area contributed by atoms with Crippen molar-refractivity contribution < 1.29 is 19.0 Å². The summed E-state index contributed by atoms with van der Waals surface area (Å²) in [6.07, 6.45) is -1.66. The number of carboxylic acid groups (broad SMARTS) is 1. The van der Waals surface area contributed by atoms with E-state index in [4.69, 9.17) is 9.84 Å². The minimum atomic E-state index is -1.21. The predicted molar refractivity (Wildman–Crippen MR) is 56.8 cm³/mol. The molecule has 0 bridgehead atoms. The van der Waals surface area contributed by atoms with Gasteiger partial charge in [-0.2, -0.15) is 0 Å². The SMILES string of the molecule is CO[C@@H](C)[C@@H](NC(=O)O)c1ccccc1F. The third kappa shape index (κ3) is 2.93. The van der Waals surface area contributed by atoms with Gasteiger partial charge in [0.1, 0.15) is 5.82 Å². The summed E-state index contributed by atoms with van der Waals surface area (Å²) in [5.41, 5.74) is 0.277. The number of halogens is 1. The zero-order chi connectivity index (χ0) is 12.1. The molecule has 1 aromatic rings. The number of benzene rings is 1. The van der Waals surface area contributed by atoms with Gasteiger partial charge >= 0.3 is 6.09 Å². The molecule has 1 rings (SSSR count). The maximum atomic E-state index is 13.5. The van der Waals surface area contributed by atoms with Crippen LogP contribution in [0.3, 0.4) is 0 Å². The van der Waals surface area contributed by atoms with Crippen LogP contribution in [-0.2, 0) is 4.74 Å². The van der Waals surface area contributed by atoms with Crippen LogP contribution in [0, 0.1) is 5.82 Å². The van der Waals surface area contributed by atoms with Crippen molar-refractivity contribution in [2.45, 2.75) is 19.1 Å². The molecule has 5 heteroatoms. The minimum Gasteiger partial charge on any atom is -0.465 e. The fraction of sp³-hybridized carbons (Fsp3) is 0.364. The Morgan fingerprint density at radius 3 is 2.62 bits per heavy atom. The quantitative estimate of drug-likeness (QED) is 0.828. The summed E-state index contributed by atoms with van der Waals surface area (Å²) in [5.74, 6) is -0.454. The van der Waals surface area contributed by atoms with E-state index in [1.807, 2.05) is 0 Å². The molecule has 4 nitrogen and oxygen atoms in total. The van der Waals surface area contributed by atoms with E-state index < -0.39 is 24.1 Å². The number of carbonyl (C=O) groups is 1. The molecule has 1 aromatic carbocycles. The number of hydrogen-bond donors (Lipinski definition) is 2. The maximum Gasteiger partial charge on any atom is 0.405 e. The molecule has 1 amide bonds. The molecule has 0 saturated heterocycles. The first-order valence-electron chi connectivity index (χ1n) is 4.83. The highest BCUT2D eigenvalue weighted by Gasteiger charge is 2.23. The van der Waals surface area contributed by atoms with Crippen LogP contribution in [0.2, 0.25) is 0 Å². The molecular weight excluding hydrogens is 213 g/mol. The highest BCUT2D eigenvalue weighted by Crippen LogP contribution is 2.21. The van der Waals surface area contributed by atoms with Crippen molar-refractivity contribution in [1.82, 2.24) is 5.32 Å². The van der Waals surface area contributed by atoms with Crippen LogP contribution in [0.5, 0.6) is 0 Å². The first-order valence-corrected chi connectivity index (χ1v) is 4.83. The van der Waals surface area contributed by atoms with Gasteiger partial charge in [-0.05, 0) is 13.0 Å². The summed E-state index contributed by atoms with van der Waals surface area (Å²) in [5, 5.41) is 10.9. The second kappa shape index (κ2) is 5.46. The predicted octanol–water partition coefficient (Wildman–Crippen LogP) is 2.17. The molecule has 0 aliphatic heterocycles. The molecule has 0 aromatic heterocycles. The average molecular weight is 227 g/mol. The zero-order valence-corrected chi connectivity index (χ0v) is 9.11. The maximum absolute atomic E-state index is 13.5. The lowest BCUT2D eigenvalue weighted by Crippen LogP contribution is -2.35. The lowest BCUT2D eigenvalue weighted by Gasteiger charge is -2.23. The number of rotatable bonds is 4. The van der Waals surface area contributed by atoms with Crippen LogP contribution >= 0.6 is 0 Å². The lowest BCUT2D eigenvalue weighted by atomic mass is 10.0. The van der Waals surface area contributed by atoms with Crippen LogP contribution in [0.1, 0.15) is 18.5 Å². The van der Waals surface area contributed by atoms with Crippen molar-refractivity contribution in [2.24, 2.45) is 0 Å². The number of hydrogen-bond acceptors (Lipinski definition) is 2. The van der Waals surface area contributed by atoms with Crippen LogP contribution in [0.4, 0.5) is 9.18 Å². The van der Waals surface area contributed by atoms with Crippen molar-refractivity contribution in [3.8, 4) is 0 Å². The summed E-state index contributed by atoms with van der Waals surface area (Å²) >= 11 is 0. The first kappa shape index (κ1) is 12.4. The van der Waals surface area contributed by atoms with Gasteiger partial charge in [-0.15, -0.1) is 0 Å². The molecule has 2 atom stereocenters. The molecule has 0 aliphatic rings. The largest absolute Gasteiger partial charge is 0.465 e. The number of nitrogens with one attached hydrogen (secondary N) is 1. The van der Waals surface area contributed by atoms with E-state index in [1.165, 1.54) is 19.2 Å². The van der Waals surface area contributed by atoms with Crippen molar-refractivity contribution >= 4 is 6.09 Å². The monoisotopic (exact) mass is 227 g/mol. The molecule has 16 heavy (non-hydrogen) atoms. The normalized spacial score (nSPS) is 14.2. The fourth-order valence-corrected chi connectivity index (χ4v) is 1.44. The molecule has 0 heterocycles. The molecule has 0 radical (unpaired) electrons. The standard InChI is InChI=1S/C11H14FNO3/c1-7(16-2)10(13-11(14)15)8-5-3-4-6-9(8)12/h3-7,10,13H,1-2H3,(H,14,15)/t7-,10+/m0/s1. The summed E-state index contributed by atoms with van der Waals surface area (Å²) in [6.45, 7) is 1.67. The van der Waals surface area contributed by atoms with Crippen molar-refractivity contribution in [1.29, 1.82) is 0 Å². The van der Waals surface area contributed by atoms with Crippen LogP contribution in [-0.4, -0.2) is 24.4 Å². The van der Waals surface area contributed by atoms with Crippen LogP contribution in [0.15, 0.2) is 24.3 Å². The van der Waals surface area contributed by atoms with Gasteiger partial charge in [0.2, 0.25) is 0 Å². The molecule has 0 aliphatic carbocycles. The van der Waals surface area contributed by atoms with Gasteiger partial charge < -0.3 is 15.2 Å². The Morgan fingerprint density at radius 2 is 2.12 bits per heavy atom. The molecule has 88 valence electrons. The zero-order valence-electron chi connectivity index (χ0n) is 9.11. The summed E-state index contributed by atoms with van der Waals surface area (Å²) in [6, 6.07) is 5.30. The molecule has 0 unspecified atom stereocenters. The minimum absolute atomic E-state index is 0.277. The van der Waals surface area contributed by atoms with E-state index in [0.717, 1.165) is 0 Å². The number of ether oxygens (including phenoxy) is 1. The van der Waals surface area contributed by atoms with Gasteiger partial charge in [0, 0.05) is 12.7 Å². The Hall–Kier alpha value is -1.62. The topological polar surface area (TPSA) is 58.6 Å². The Bertz CT molecular complexity index is 370. The van der Waals surface area contributed by atoms with E-state index in [1.54, 1.807) is 19.1 Å². The van der Waals surface area contributed by atoms with Crippen molar-refractivity contribution in [2.75, 3.05) is 7.11 Å². The third-order valence-corrected chi connectivity index (χ3v) is 2.36. The molecule has 0 spiro atoms. The lowest BCUT2D eigenvalue weighted by molar-refractivity contribution is 0.0800. The average Bonchev–Trinajstić information content (AvgIpc) is 2.26. The second-order valence-corrected chi connectivity index (χ2v) is 3.39. The Balaban J connectivity index is 3.01. The fourth-order valence-electron chi connectivity index (χ4n) is 1.44. The van der Waals surface area contributed by atoms with E-state index in [-0.39, 0.29) is 5.56 Å². The van der Waals surface area contributed by atoms with E-state index in [2.05, 4.69) is 5.32 Å². The highest BCUT2D eigenvalue weighted by molar-refractivity contribution is 5.65. The smallest absolute Gasteiger partial charge is 0.405 e. The summed E-state index contributed by atoms with van der Waals surface area (Å²) in [4.78, 5) is 10.6. The van der Waals surface area contributed by atoms with E-state index in [0.29, 0.717) is 0 Å². The summed E-state index contributed by atoms with van der Waals surface area (Å²) < 4.78 is 18.5. The van der Waals surface area contributed by atoms with Crippen LogP contribution < -0.4 is 5.32 Å². The Labute approximate surface area is 93.0 Å². The van der Waals surface area contributed by atoms with Gasteiger partial charge in [-0.1, -0.05) is 18.2 Å². The van der Waals surface area contributed by atoms with Gasteiger partial charge in [-0.25, -0.2) is 9.18 Å². The Kier molecular flexibility index (Phi) is 4.25. The number of methoxy groups -OCH3 is 1.